The summed E-state index contributed by atoms with van der Waals surface area (Å²) in [5.41, 5.74) is 8.07. The Morgan fingerprint density at radius 2 is 1.45 bits per heavy atom. The van der Waals surface area contributed by atoms with E-state index in [0.717, 1.165) is 0 Å². The van der Waals surface area contributed by atoms with Gasteiger partial charge in [-0.05, 0) is 49.2 Å². The number of benzene rings is 2. The van der Waals surface area contributed by atoms with Crippen molar-refractivity contribution in [2.75, 3.05) is 29.6 Å². The highest BCUT2D eigenvalue weighted by Crippen LogP contribution is 2.56. The summed E-state index contributed by atoms with van der Waals surface area (Å²) in [5.74, 6) is -0.463. The molecule has 2 atom stereocenters. The highest BCUT2D eigenvalue weighted by Gasteiger charge is 2.33. The summed E-state index contributed by atoms with van der Waals surface area (Å²) in [6.45, 7) is 6.00. The lowest BCUT2D eigenvalue weighted by Gasteiger charge is -2.25. The molecule has 0 bridgehead atoms. The number of phosphoric acid groups is 1. The van der Waals surface area contributed by atoms with Crippen molar-refractivity contribution in [1.29, 1.82) is 0 Å². The molecule has 4 aromatic rings. The Labute approximate surface area is 252 Å². The first-order valence-electron chi connectivity index (χ1n) is 13.6. The first-order valence-corrected chi connectivity index (χ1v) is 15.0. The molecule has 2 aromatic heterocycles. The molecule has 234 valence electrons. The second-order valence-electron chi connectivity index (χ2n) is 9.76. The van der Waals surface area contributed by atoms with Gasteiger partial charge in [-0.15, -0.1) is 0 Å². The molecule has 2 aromatic carbocycles. The van der Waals surface area contributed by atoms with Crippen LogP contribution in [-0.4, -0.2) is 44.5 Å². The van der Waals surface area contributed by atoms with Crippen LogP contribution in [-0.2, 0) is 39.2 Å². The van der Waals surface area contributed by atoms with Crippen LogP contribution in [0, 0.1) is 0 Å². The predicted octanol–water partition coefficient (Wildman–Crippen LogP) is 4.27. The lowest BCUT2D eigenvalue weighted by atomic mass is 10.1. The molecule has 0 saturated carbocycles. The molecule has 4 rings (SSSR count). The number of phosphoric ester groups is 1. The number of nitrogens with zero attached hydrogens (tertiary/aromatic N) is 3. The molecular weight excluding hydrogens is 593 g/mol. The minimum absolute atomic E-state index is 0.0192. The molecule has 0 radical (unpaired) electrons. The fourth-order valence-electron chi connectivity index (χ4n) is 4.11. The lowest BCUT2D eigenvalue weighted by molar-refractivity contribution is -0.115. The summed E-state index contributed by atoms with van der Waals surface area (Å²) in [7, 11) is -4.20. The SMILES string of the molecule is CC(=O)Nc1ccc(C(C)OP(=O)(OCCOCn2cnc3c(=O)[nH]c(N)nc32)OC(C)c2ccc(NC(C)=O)cc2)cc1. The van der Waals surface area contributed by atoms with Crippen molar-refractivity contribution in [2.45, 2.75) is 46.6 Å². The van der Waals surface area contributed by atoms with E-state index in [-0.39, 0.29) is 48.9 Å². The molecule has 0 aliphatic rings. The Morgan fingerprint density at radius 1 is 0.932 bits per heavy atom. The van der Waals surface area contributed by atoms with Crippen LogP contribution >= 0.6 is 7.82 Å². The average Bonchev–Trinajstić information content (AvgIpc) is 3.35. The summed E-state index contributed by atoms with van der Waals surface area (Å²) in [5, 5.41) is 5.38. The molecule has 0 spiro atoms. The van der Waals surface area contributed by atoms with E-state index < -0.39 is 25.6 Å². The van der Waals surface area contributed by atoms with E-state index in [1.807, 2.05) is 0 Å². The molecule has 44 heavy (non-hydrogen) atoms. The van der Waals surface area contributed by atoms with Gasteiger partial charge in [-0.25, -0.2) is 9.55 Å². The number of hydrogen-bond acceptors (Lipinski definition) is 11. The van der Waals surface area contributed by atoms with Crippen LogP contribution in [0.3, 0.4) is 0 Å². The number of ether oxygens (including phenoxy) is 1. The molecule has 2 amide bonds. The summed E-state index contributed by atoms with van der Waals surface area (Å²) in [4.78, 5) is 45.2. The van der Waals surface area contributed by atoms with Gasteiger partial charge < -0.3 is 21.1 Å². The van der Waals surface area contributed by atoms with E-state index in [4.69, 9.17) is 24.0 Å². The number of H-pyrrole nitrogens is 1. The number of hydrogen-bond donors (Lipinski definition) is 4. The van der Waals surface area contributed by atoms with Gasteiger partial charge in [0, 0.05) is 25.2 Å². The number of aromatic nitrogens is 4. The van der Waals surface area contributed by atoms with Crippen LogP contribution in [0.5, 0.6) is 0 Å². The molecule has 2 unspecified atom stereocenters. The molecule has 0 saturated heterocycles. The van der Waals surface area contributed by atoms with Crippen molar-refractivity contribution in [1.82, 2.24) is 19.5 Å². The maximum absolute atomic E-state index is 13.9. The Balaban J connectivity index is 1.43. The number of carbonyl (C=O) groups excluding carboxylic acids is 2. The molecular formula is C28H34N7O8P. The standard InChI is InChI=1S/C28H34N7O8P/c1-17(21-5-9-23(10-6-21)31-19(3)36)42-44(39,43-18(2)22-7-11-24(12-8-22)32-20(4)37)41-14-13-40-16-35-15-30-25-26(35)33-28(29)34-27(25)38/h5-12,15,17-18H,13-14,16H2,1-4H3,(H,31,36)(H,32,37)(H3,29,33,34,38). The number of carbonyl (C=O) groups is 2. The van der Waals surface area contributed by atoms with Crippen molar-refractivity contribution in [2.24, 2.45) is 0 Å². The van der Waals surface area contributed by atoms with Gasteiger partial charge in [-0.1, -0.05) is 24.3 Å². The quantitative estimate of drug-likeness (QED) is 0.115. The van der Waals surface area contributed by atoms with Gasteiger partial charge in [0.05, 0.1) is 31.7 Å². The molecule has 2 heterocycles. The lowest BCUT2D eigenvalue weighted by Crippen LogP contribution is -2.14. The highest BCUT2D eigenvalue weighted by molar-refractivity contribution is 7.48. The molecule has 5 N–H and O–H groups in total. The van der Waals surface area contributed by atoms with Gasteiger partial charge in [-0.3, -0.25) is 37.5 Å². The van der Waals surface area contributed by atoms with Gasteiger partial charge in [0.15, 0.2) is 11.2 Å². The summed E-state index contributed by atoms with van der Waals surface area (Å²) in [6, 6.07) is 13.7. The van der Waals surface area contributed by atoms with Gasteiger partial charge >= 0.3 is 7.82 Å². The van der Waals surface area contributed by atoms with E-state index in [1.165, 1.54) is 24.7 Å². The third-order valence-electron chi connectivity index (χ3n) is 6.18. The normalized spacial score (nSPS) is 14.1. The van der Waals surface area contributed by atoms with E-state index in [9.17, 15) is 18.9 Å². The summed E-state index contributed by atoms with van der Waals surface area (Å²) >= 11 is 0. The fourth-order valence-corrected chi connectivity index (χ4v) is 5.60. The Kier molecular flexibility index (Phi) is 10.6. The Morgan fingerprint density at radius 3 is 1.95 bits per heavy atom. The first-order chi connectivity index (χ1) is 20.9. The van der Waals surface area contributed by atoms with Crippen LogP contribution in [0.25, 0.3) is 11.2 Å². The van der Waals surface area contributed by atoms with E-state index in [0.29, 0.717) is 22.5 Å². The van der Waals surface area contributed by atoms with Gasteiger partial charge in [-0.2, -0.15) is 4.98 Å². The minimum atomic E-state index is -4.20. The average molecular weight is 628 g/mol. The number of rotatable bonds is 14. The fraction of sp³-hybridized carbons (Fsp3) is 0.321. The Hall–Kier alpha value is -4.40. The topological polar surface area (TPSA) is 202 Å². The number of nitrogens with one attached hydrogen (secondary N) is 3. The van der Waals surface area contributed by atoms with Crippen LogP contribution in [0.15, 0.2) is 59.7 Å². The number of imidazole rings is 1. The number of anilines is 3. The smallest absolute Gasteiger partial charge is 0.369 e. The zero-order chi connectivity index (χ0) is 31.9. The number of nitrogen functional groups attached to an aromatic ring is 1. The molecule has 0 aliphatic heterocycles. The zero-order valence-corrected chi connectivity index (χ0v) is 25.5. The molecule has 0 aliphatic carbocycles. The summed E-state index contributed by atoms with van der Waals surface area (Å²) in [6.07, 6.45) is -0.0361. The number of aromatic amines is 1. The van der Waals surface area contributed by atoms with Crippen LogP contribution in [0.2, 0.25) is 0 Å². The highest BCUT2D eigenvalue weighted by atomic mass is 31.2. The van der Waals surface area contributed by atoms with E-state index in [1.54, 1.807) is 62.4 Å². The molecule has 16 heteroatoms. The maximum Gasteiger partial charge on any atom is 0.476 e. The van der Waals surface area contributed by atoms with E-state index in [2.05, 4.69) is 25.6 Å². The van der Waals surface area contributed by atoms with Crippen molar-refractivity contribution < 1.29 is 32.5 Å². The van der Waals surface area contributed by atoms with Gasteiger partial charge in [0.1, 0.15) is 6.73 Å². The van der Waals surface area contributed by atoms with E-state index >= 15 is 0 Å². The first kappa shape index (κ1) is 32.5. The number of nitrogens with two attached hydrogens (primary N) is 1. The van der Waals surface area contributed by atoms with Crippen LogP contribution in [0.1, 0.15) is 51.0 Å². The van der Waals surface area contributed by atoms with Crippen molar-refractivity contribution in [3.05, 3.63) is 76.3 Å². The number of fused-ring (bicyclic) bond motifs is 1. The van der Waals surface area contributed by atoms with Crippen molar-refractivity contribution in [3.8, 4) is 0 Å². The molecule has 15 nitrogen and oxygen atoms in total. The zero-order valence-electron chi connectivity index (χ0n) is 24.6. The van der Waals surface area contributed by atoms with Gasteiger partial charge in [0.2, 0.25) is 17.8 Å². The minimum Gasteiger partial charge on any atom is -0.369 e. The second kappa shape index (κ2) is 14.4. The van der Waals surface area contributed by atoms with Crippen LogP contribution in [0.4, 0.5) is 17.3 Å². The maximum atomic E-state index is 13.9. The largest absolute Gasteiger partial charge is 0.476 e. The van der Waals surface area contributed by atoms with Crippen molar-refractivity contribution >= 4 is 48.1 Å². The monoisotopic (exact) mass is 627 g/mol. The number of amides is 2. The predicted molar refractivity (Wildman–Crippen MR) is 163 cm³/mol. The Bertz CT molecular complexity index is 1630. The molecule has 0 fully saturated rings. The van der Waals surface area contributed by atoms with Crippen molar-refractivity contribution in [3.63, 3.8) is 0 Å². The second-order valence-corrected chi connectivity index (χ2v) is 11.3. The van der Waals surface area contributed by atoms with Gasteiger partial charge in [0.25, 0.3) is 5.56 Å². The van der Waals surface area contributed by atoms with Crippen LogP contribution < -0.4 is 21.9 Å². The summed E-state index contributed by atoms with van der Waals surface area (Å²) < 4.78 is 38.5. The third kappa shape index (κ3) is 8.81. The third-order valence-corrected chi connectivity index (χ3v) is 7.82.